The molecule has 0 aromatic carbocycles. The van der Waals surface area contributed by atoms with E-state index in [1.165, 1.54) is 38.4 Å². The van der Waals surface area contributed by atoms with Crippen LogP contribution in [0, 0.1) is 33.5 Å². The summed E-state index contributed by atoms with van der Waals surface area (Å²) < 4.78 is 47.0. The summed E-state index contributed by atoms with van der Waals surface area (Å²) in [5.41, 5.74) is 5.26. The number of nitrogen functional groups attached to an aromatic ring is 2. The van der Waals surface area contributed by atoms with Crippen molar-refractivity contribution in [2.45, 2.75) is 94.6 Å². The molecule has 3 fully saturated rings. The van der Waals surface area contributed by atoms with Crippen LogP contribution in [0.2, 0.25) is 0 Å². The molecule has 4 aromatic heterocycles. The fourth-order valence-corrected chi connectivity index (χ4v) is 10.9. The first-order valence-corrected chi connectivity index (χ1v) is 23.2. The summed E-state index contributed by atoms with van der Waals surface area (Å²) in [6.07, 6.45) is -6.76. The number of aliphatic hydroxyl groups is 5. The fraction of sp³-hybridized carbons (Fsp3) is 0.579. The molecule has 344 valence electrons. The Morgan fingerprint density at radius 3 is 2.11 bits per heavy atom. The van der Waals surface area contributed by atoms with Crippen molar-refractivity contribution in [3.8, 4) is 12.1 Å². The van der Waals surface area contributed by atoms with Crippen LogP contribution in [0.3, 0.4) is 0 Å². The molecule has 10 atom stereocenters. The third-order valence-corrected chi connectivity index (χ3v) is 15.2. The van der Waals surface area contributed by atoms with Crippen LogP contribution >= 0.6 is 31.3 Å². The van der Waals surface area contributed by atoms with E-state index in [-0.39, 0.29) is 57.9 Å². The number of fused-ring (bicyclic) bond motifs is 3. The zero-order valence-corrected chi connectivity index (χ0v) is 37.7. The van der Waals surface area contributed by atoms with E-state index in [9.17, 15) is 50.2 Å². The second-order valence-corrected chi connectivity index (χ2v) is 21.0. The van der Waals surface area contributed by atoms with Crippen molar-refractivity contribution in [1.29, 1.82) is 10.5 Å². The number of nitrogens with two attached hydrogens (primary N) is 2. The first kappa shape index (κ1) is 47.6. The van der Waals surface area contributed by atoms with Crippen LogP contribution in [-0.4, -0.2) is 133 Å². The Balaban J connectivity index is 1.01. The minimum Gasteiger partial charge on any atom is -0.392 e. The van der Waals surface area contributed by atoms with Gasteiger partial charge in [0.2, 0.25) is 17.0 Å². The first-order chi connectivity index (χ1) is 30.0. The normalized spacial score (nSPS) is 29.9. The van der Waals surface area contributed by atoms with E-state index >= 15 is 0 Å². The number of anilines is 2. The summed E-state index contributed by atoms with van der Waals surface area (Å²) in [5.74, 6) is 0.279. The molecule has 0 amide bonds. The molecule has 0 spiro atoms. The molecule has 0 radical (unpaired) electrons. The van der Waals surface area contributed by atoms with Gasteiger partial charge in [-0.1, -0.05) is 44.3 Å². The number of aliphatic hydroxyl groups excluding tert-OH is 4. The number of nitrogens with zero attached hydrogens (tertiary/aromatic N) is 8. The smallest absolute Gasteiger partial charge is 0.392 e. The molecule has 23 nitrogen and oxygen atoms in total. The number of ether oxygens (including phenoxy) is 2. The lowest BCUT2D eigenvalue weighted by Gasteiger charge is -2.25. The molecule has 0 bridgehead atoms. The Bertz CT molecular complexity index is 2610. The molecular formula is C38H48N10O13PS2+. The Morgan fingerprint density at radius 1 is 0.922 bits per heavy atom. The zero-order valence-electron chi connectivity index (χ0n) is 35.2. The molecule has 9 N–H and O–H groups in total. The van der Waals surface area contributed by atoms with Crippen molar-refractivity contribution < 1.29 is 67.3 Å². The second kappa shape index (κ2) is 17.2. The van der Waals surface area contributed by atoms with Gasteiger partial charge in [0, 0.05) is 16.9 Å². The van der Waals surface area contributed by atoms with E-state index in [1.54, 1.807) is 52.8 Å². The third kappa shape index (κ3) is 7.95. The molecule has 4 aromatic rings. The van der Waals surface area contributed by atoms with Crippen LogP contribution < -0.4 is 16.0 Å². The largest absolute Gasteiger partial charge is 0.475 e. The lowest BCUT2D eigenvalue weighted by molar-refractivity contribution is -0.694. The number of carbonyl (C=O) groups excluding carboxylic acids is 2. The lowest BCUT2D eigenvalue weighted by atomic mass is 9.95. The minimum absolute atomic E-state index is 0.0354. The number of aromatic nitrogens is 6. The molecule has 7 rings (SSSR count). The van der Waals surface area contributed by atoms with Crippen molar-refractivity contribution in [1.82, 2.24) is 24.2 Å². The molecule has 1 aliphatic carbocycles. The SMILES string of the molecule is CC(C)(C)C(=O)SCCOP(=O)(OCCSC(=O)C(C)(C)C[n+]1cnn2c([C@@H]3O[C@](C#N)(CO)[C@@H](O)[C@H]3O)ccc2c1N)OC1[C@@]2(C#N)O[C@@H](c3ccc4c(N)ncnn34)[C@H](O)[C@@]12O. The van der Waals surface area contributed by atoms with Crippen molar-refractivity contribution >= 4 is 64.2 Å². The first-order valence-electron chi connectivity index (χ1n) is 19.8. The number of rotatable bonds is 16. The van der Waals surface area contributed by atoms with Gasteiger partial charge < -0.3 is 46.5 Å². The van der Waals surface area contributed by atoms with Crippen LogP contribution in [0.25, 0.3) is 11.0 Å². The van der Waals surface area contributed by atoms with E-state index in [0.29, 0.717) is 11.0 Å². The van der Waals surface area contributed by atoms with Crippen molar-refractivity contribution in [2.75, 3.05) is 42.8 Å². The predicted molar refractivity (Wildman–Crippen MR) is 224 cm³/mol. The van der Waals surface area contributed by atoms with Crippen molar-refractivity contribution in [2.24, 2.45) is 10.8 Å². The quantitative estimate of drug-likeness (QED) is 0.0446. The maximum Gasteiger partial charge on any atom is 0.475 e. The number of phosphoric acid groups is 1. The molecule has 1 saturated carbocycles. The van der Waals surface area contributed by atoms with Crippen LogP contribution in [-0.2, 0) is 43.7 Å². The molecule has 6 heterocycles. The topological polar surface area (TPSA) is 350 Å². The number of phosphoric ester groups is 1. The maximum atomic E-state index is 14.2. The van der Waals surface area contributed by atoms with Gasteiger partial charge in [-0.05, 0) is 43.2 Å². The van der Waals surface area contributed by atoms with Crippen molar-refractivity contribution in [3.05, 3.63) is 48.3 Å². The average molecular weight is 948 g/mol. The van der Waals surface area contributed by atoms with E-state index in [0.717, 1.165) is 23.5 Å². The Hall–Kier alpha value is -4.31. The van der Waals surface area contributed by atoms with Gasteiger partial charge in [0.15, 0.2) is 33.3 Å². The van der Waals surface area contributed by atoms with Crippen molar-refractivity contribution in [3.63, 3.8) is 0 Å². The van der Waals surface area contributed by atoms with Gasteiger partial charge in [-0.3, -0.25) is 23.2 Å². The molecule has 3 aliphatic rings. The zero-order chi connectivity index (χ0) is 46.8. The highest BCUT2D eigenvalue weighted by atomic mass is 32.2. The Morgan fingerprint density at radius 2 is 1.53 bits per heavy atom. The lowest BCUT2D eigenvalue weighted by Crippen LogP contribution is -2.47. The summed E-state index contributed by atoms with van der Waals surface area (Å²) in [4.78, 5) is 30.1. The minimum atomic E-state index is -4.72. The third-order valence-electron chi connectivity index (χ3n) is 11.3. The monoisotopic (exact) mass is 947 g/mol. The predicted octanol–water partition coefficient (Wildman–Crippen LogP) is 0.135. The summed E-state index contributed by atoms with van der Waals surface area (Å²) in [7, 11) is -4.72. The van der Waals surface area contributed by atoms with Gasteiger partial charge in [-0.15, -0.1) is 0 Å². The fourth-order valence-electron chi connectivity index (χ4n) is 7.62. The highest BCUT2D eigenvalue weighted by molar-refractivity contribution is 8.14. The molecule has 2 unspecified atom stereocenters. The summed E-state index contributed by atoms with van der Waals surface area (Å²) in [5, 5.41) is 81.8. The van der Waals surface area contributed by atoms with Gasteiger partial charge in [-0.25, -0.2) is 18.6 Å². The molecule has 26 heteroatoms. The van der Waals surface area contributed by atoms with E-state index in [2.05, 4.69) is 15.2 Å². The average Bonchev–Trinajstić information content (AvgIpc) is 3.80. The highest BCUT2D eigenvalue weighted by Crippen LogP contribution is 2.69. The van der Waals surface area contributed by atoms with E-state index in [1.807, 2.05) is 6.07 Å². The van der Waals surface area contributed by atoms with Gasteiger partial charge in [0.1, 0.15) is 54.5 Å². The Labute approximate surface area is 373 Å². The Kier molecular flexibility index (Phi) is 12.8. The summed E-state index contributed by atoms with van der Waals surface area (Å²) in [6, 6.07) is 9.80. The molecular weight excluding hydrogens is 900 g/mol. The van der Waals surface area contributed by atoms with Gasteiger partial charge in [0.25, 0.3) is 6.33 Å². The van der Waals surface area contributed by atoms with Crippen LogP contribution in [0.15, 0.2) is 36.9 Å². The number of nitriles is 2. The molecule has 2 saturated heterocycles. The maximum absolute atomic E-state index is 14.2. The number of hydrogen-bond donors (Lipinski definition) is 7. The number of carbonyl (C=O) groups is 2. The second-order valence-electron chi connectivity index (χ2n) is 17.2. The standard InChI is InChI=1S/C38H47N10O13PS2/c1-34(2,3)32(53)63-12-10-57-62(56,61-31-37(15-40)38(31,55)28(52)26(60-37)21-6-8-22-29(41)43-18-44-47(21)22)58-11-13-64-33(54)35(4,5)16-46-19-45-48-20(7-9-23(48)30(46)42)25-24(50)27(51)36(14-39,17-49)59-25/h6-9,18-19,24-28,31,42,49-52,55H,10-13,16-17H2,1-5H3,(H2,41,43,44)/p+1/t24-,25-,26-,27-,28-,31?,36+,37+,38+,62?/m0/s1. The molecule has 2 aliphatic heterocycles. The number of thioether (sulfide) groups is 2. The number of hydrogen-bond acceptors (Lipinski definition) is 22. The van der Waals surface area contributed by atoms with Gasteiger partial charge in [0.05, 0.1) is 43.2 Å². The summed E-state index contributed by atoms with van der Waals surface area (Å²) >= 11 is 1.77. The van der Waals surface area contributed by atoms with E-state index in [4.69, 9.17) is 34.5 Å². The highest BCUT2D eigenvalue weighted by Gasteiger charge is 2.91. The molecule has 64 heavy (non-hydrogen) atoms. The summed E-state index contributed by atoms with van der Waals surface area (Å²) in [6.45, 7) is 7.01. The van der Waals surface area contributed by atoms with E-state index < -0.39 is 85.3 Å². The van der Waals surface area contributed by atoms with Crippen LogP contribution in [0.4, 0.5) is 11.6 Å². The van der Waals surface area contributed by atoms with Gasteiger partial charge in [-0.2, -0.15) is 20.1 Å². The van der Waals surface area contributed by atoms with Crippen LogP contribution in [0.5, 0.6) is 0 Å². The van der Waals surface area contributed by atoms with Gasteiger partial charge >= 0.3 is 7.82 Å². The van der Waals surface area contributed by atoms with Crippen LogP contribution in [0.1, 0.15) is 58.2 Å².